The van der Waals surface area contributed by atoms with Gasteiger partial charge in [-0.1, -0.05) is 30.3 Å². The number of hydrogen-bond acceptors (Lipinski definition) is 6. The number of nitrogens with one attached hydrogen (secondary N) is 2. The van der Waals surface area contributed by atoms with Crippen molar-refractivity contribution in [3.8, 4) is 11.5 Å². The molecule has 0 unspecified atom stereocenters. The predicted octanol–water partition coefficient (Wildman–Crippen LogP) is 4.59. The summed E-state index contributed by atoms with van der Waals surface area (Å²) in [6.07, 6.45) is 2.06. The van der Waals surface area contributed by atoms with E-state index in [1.807, 2.05) is 37.3 Å². The number of methoxy groups -OCH3 is 2. The van der Waals surface area contributed by atoms with Crippen LogP contribution in [0.15, 0.2) is 54.6 Å². The average molecular weight is 378 g/mol. The molecule has 0 aliphatic rings. The van der Waals surface area contributed by atoms with Crippen LogP contribution in [0.3, 0.4) is 0 Å². The van der Waals surface area contributed by atoms with E-state index in [4.69, 9.17) is 9.47 Å². The second-order valence-electron chi connectivity index (χ2n) is 6.43. The molecule has 1 heterocycles. The molecule has 1 aromatic heterocycles. The van der Waals surface area contributed by atoms with Gasteiger partial charge in [0.05, 0.1) is 19.9 Å². The zero-order valence-corrected chi connectivity index (χ0v) is 16.5. The molecule has 6 nitrogen and oxygen atoms in total. The van der Waals surface area contributed by atoms with Gasteiger partial charge in [-0.25, -0.2) is 4.98 Å². The maximum atomic E-state index is 5.41. The Balaban J connectivity index is 1.64. The summed E-state index contributed by atoms with van der Waals surface area (Å²) in [6.45, 7) is 2.79. The Hall–Kier alpha value is -3.28. The summed E-state index contributed by atoms with van der Waals surface area (Å²) in [5.41, 5.74) is 2.98. The molecule has 3 rings (SSSR count). The number of aromatic nitrogens is 2. The van der Waals surface area contributed by atoms with Crippen LogP contribution in [0.2, 0.25) is 0 Å². The van der Waals surface area contributed by atoms with Crippen molar-refractivity contribution in [2.24, 2.45) is 0 Å². The number of anilines is 3. The fraction of sp³-hybridized carbons (Fsp3) is 0.273. The molecule has 0 amide bonds. The van der Waals surface area contributed by atoms with Gasteiger partial charge in [-0.05, 0) is 37.5 Å². The molecule has 28 heavy (non-hydrogen) atoms. The third-order valence-electron chi connectivity index (χ3n) is 4.30. The highest BCUT2D eigenvalue weighted by Gasteiger charge is 2.08. The van der Waals surface area contributed by atoms with E-state index in [1.165, 1.54) is 5.56 Å². The molecule has 146 valence electrons. The Labute approximate surface area is 166 Å². The standard InChI is InChI=1S/C22H26N4O2/c1-16-14-21(23-13-7-10-17-8-5-4-6-9-17)26-22(24-16)25-19-15-18(27-2)11-12-20(19)28-3/h4-6,8-9,11-12,14-15H,7,10,13H2,1-3H3,(H2,23,24,25,26). The van der Waals surface area contributed by atoms with Crippen LogP contribution in [0.4, 0.5) is 17.5 Å². The summed E-state index contributed by atoms with van der Waals surface area (Å²) in [7, 11) is 3.26. The van der Waals surface area contributed by atoms with Gasteiger partial charge in [0.15, 0.2) is 0 Å². The largest absolute Gasteiger partial charge is 0.497 e. The number of aryl methyl sites for hydroxylation is 2. The van der Waals surface area contributed by atoms with Crippen LogP contribution in [-0.2, 0) is 6.42 Å². The van der Waals surface area contributed by atoms with Crippen LogP contribution in [0.25, 0.3) is 0 Å². The molecule has 0 atom stereocenters. The Morgan fingerprint density at radius 3 is 2.50 bits per heavy atom. The minimum absolute atomic E-state index is 0.511. The van der Waals surface area contributed by atoms with Crippen molar-refractivity contribution in [3.63, 3.8) is 0 Å². The monoisotopic (exact) mass is 378 g/mol. The molecule has 0 saturated carbocycles. The number of ether oxygens (including phenoxy) is 2. The number of nitrogens with zero attached hydrogens (tertiary/aromatic N) is 2. The molecule has 3 aromatic rings. The lowest BCUT2D eigenvalue weighted by Gasteiger charge is -2.13. The van der Waals surface area contributed by atoms with Crippen molar-refractivity contribution in [3.05, 3.63) is 65.9 Å². The smallest absolute Gasteiger partial charge is 0.229 e. The molecular formula is C22H26N4O2. The first-order valence-corrected chi connectivity index (χ1v) is 9.30. The third kappa shape index (κ3) is 5.36. The van der Waals surface area contributed by atoms with E-state index >= 15 is 0 Å². The van der Waals surface area contributed by atoms with Crippen molar-refractivity contribution in [2.75, 3.05) is 31.4 Å². The van der Waals surface area contributed by atoms with Crippen LogP contribution in [0.5, 0.6) is 11.5 Å². The second kappa shape index (κ2) is 9.60. The van der Waals surface area contributed by atoms with Gasteiger partial charge in [-0.15, -0.1) is 0 Å². The lowest BCUT2D eigenvalue weighted by molar-refractivity contribution is 0.405. The van der Waals surface area contributed by atoms with Crippen LogP contribution in [0, 0.1) is 6.92 Å². The number of hydrogen-bond donors (Lipinski definition) is 2. The van der Waals surface area contributed by atoms with Gasteiger partial charge in [0.25, 0.3) is 0 Å². The van der Waals surface area contributed by atoms with E-state index < -0.39 is 0 Å². The van der Waals surface area contributed by atoms with Gasteiger partial charge in [-0.3, -0.25) is 0 Å². The molecule has 2 aromatic carbocycles. The normalized spacial score (nSPS) is 10.4. The minimum atomic E-state index is 0.511. The summed E-state index contributed by atoms with van der Waals surface area (Å²) in [5.74, 6) is 2.74. The Morgan fingerprint density at radius 1 is 0.929 bits per heavy atom. The quantitative estimate of drug-likeness (QED) is 0.531. The van der Waals surface area contributed by atoms with Gasteiger partial charge in [0.2, 0.25) is 5.95 Å². The Bertz CT molecular complexity index is 900. The van der Waals surface area contributed by atoms with E-state index in [0.29, 0.717) is 11.7 Å². The molecule has 0 fully saturated rings. The van der Waals surface area contributed by atoms with Gasteiger partial charge in [0.1, 0.15) is 17.3 Å². The van der Waals surface area contributed by atoms with Crippen molar-refractivity contribution < 1.29 is 9.47 Å². The highest BCUT2D eigenvalue weighted by molar-refractivity contribution is 5.65. The lowest BCUT2D eigenvalue weighted by atomic mass is 10.1. The van der Waals surface area contributed by atoms with E-state index in [0.717, 1.165) is 42.3 Å². The maximum absolute atomic E-state index is 5.41. The first-order chi connectivity index (χ1) is 13.7. The van der Waals surface area contributed by atoms with Crippen LogP contribution < -0.4 is 20.1 Å². The third-order valence-corrected chi connectivity index (χ3v) is 4.30. The summed E-state index contributed by atoms with van der Waals surface area (Å²) in [6, 6.07) is 18.0. The van der Waals surface area contributed by atoms with Gasteiger partial charge >= 0.3 is 0 Å². The summed E-state index contributed by atoms with van der Waals surface area (Å²) in [4.78, 5) is 9.05. The lowest BCUT2D eigenvalue weighted by Crippen LogP contribution is -2.08. The molecule has 0 bridgehead atoms. The maximum Gasteiger partial charge on any atom is 0.229 e. The molecule has 0 aliphatic carbocycles. The number of rotatable bonds is 9. The summed E-state index contributed by atoms with van der Waals surface area (Å²) < 4.78 is 10.7. The molecular weight excluding hydrogens is 352 g/mol. The zero-order valence-electron chi connectivity index (χ0n) is 16.5. The SMILES string of the molecule is COc1ccc(OC)c(Nc2nc(C)cc(NCCCc3ccccc3)n2)c1. The predicted molar refractivity (Wildman–Crippen MR) is 113 cm³/mol. The summed E-state index contributed by atoms with van der Waals surface area (Å²) in [5, 5.41) is 6.61. The van der Waals surface area contributed by atoms with Gasteiger partial charge in [0, 0.05) is 24.4 Å². The summed E-state index contributed by atoms with van der Waals surface area (Å²) >= 11 is 0. The minimum Gasteiger partial charge on any atom is -0.497 e. The molecule has 0 spiro atoms. The van der Waals surface area contributed by atoms with Gasteiger partial charge < -0.3 is 20.1 Å². The fourth-order valence-corrected chi connectivity index (χ4v) is 2.90. The Morgan fingerprint density at radius 2 is 1.75 bits per heavy atom. The van der Waals surface area contributed by atoms with E-state index in [1.54, 1.807) is 14.2 Å². The van der Waals surface area contributed by atoms with E-state index in [9.17, 15) is 0 Å². The number of benzene rings is 2. The van der Waals surface area contributed by atoms with Crippen LogP contribution in [0.1, 0.15) is 17.7 Å². The first kappa shape index (κ1) is 19.5. The van der Waals surface area contributed by atoms with Crippen molar-refractivity contribution in [2.45, 2.75) is 19.8 Å². The molecule has 2 N–H and O–H groups in total. The Kier molecular flexibility index (Phi) is 6.68. The zero-order chi connectivity index (χ0) is 19.8. The molecule has 0 aliphatic heterocycles. The van der Waals surface area contributed by atoms with Crippen molar-refractivity contribution >= 4 is 17.5 Å². The molecule has 6 heteroatoms. The molecule has 0 radical (unpaired) electrons. The van der Waals surface area contributed by atoms with Crippen LogP contribution >= 0.6 is 0 Å². The van der Waals surface area contributed by atoms with Crippen LogP contribution in [-0.4, -0.2) is 30.7 Å². The van der Waals surface area contributed by atoms with Gasteiger partial charge in [-0.2, -0.15) is 4.98 Å². The first-order valence-electron chi connectivity index (χ1n) is 9.30. The van der Waals surface area contributed by atoms with E-state index in [-0.39, 0.29) is 0 Å². The molecule has 0 saturated heterocycles. The highest BCUT2D eigenvalue weighted by atomic mass is 16.5. The van der Waals surface area contributed by atoms with Crippen molar-refractivity contribution in [1.29, 1.82) is 0 Å². The topological polar surface area (TPSA) is 68.3 Å². The average Bonchev–Trinajstić information content (AvgIpc) is 2.71. The highest BCUT2D eigenvalue weighted by Crippen LogP contribution is 2.30. The van der Waals surface area contributed by atoms with E-state index in [2.05, 4.69) is 44.9 Å². The van der Waals surface area contributed by atoms with Crippen molar-refractivity contribution in [1.82, 2.24) is 9.97 Å². The second-order valence-corrected chi connectivity index (χ2v) is 6.43. The fourth-order valence-electron chi connectivity index (χ4n) is 2.90.